The maximum Gasteiger partial charge on any atom is 0.229 e. The first-order chi connectivity index (χ1) is 8.74. The van der Waals surface area contributed by atoms with E-state index in [1.165, 1.54) is 0 Å². The number of para-hydroxylation sites is 2. The zero-order valence-corrected chi connectivity index (χ0v) is 10.1. The molecule has 2 N–H and O–H groups in total. The van der Waals surface area contributed by atoms with Gasteiger partial charge in [0.2, 0.25) is 5.95 Å². The molecule has 0 aliphatic heterocycles. The van der Waals surface area contributed by atoms with Crippen LogP contribution in [0.3, 0.4) is 0 Å². The van der Waals surface area contributed by atoms with E-state index in [0.717, 1.165) is 6.20 Å². The molecule has 94 valence electrons. The number of ether oxygens (including phenoxy) is 1. The summed E-state index contributed by atoms with van der Waals surface area (Å²) in [4.78, 5) is 7.86. The molecule has 0 unspecified atom stereocenters. The molecule has 0 fully saturated rings. The van der Waals surface area contributed by atoms with Gasteiger partial charge in [0.15, 0.2) is 11.6 Å². The zero-order valence-electron chi connectivity index (χ0n) is 10.1. The number of anilines is 3. The van der Waals surface area contributed by atoms with E-state index in [-0.39, 0.29) is 5.82 Å². The summed E-state index contributed by atoms with van der Waals surface area (Å²) < 4.78 is 18.4. The maximum absolute atomic E-state index is 13.2. The van der Waals surface area contributed by atoms with Crippen molar-refractivity contribution in [2.45, 2.75) is 0 Å². The highest BCUT2D eigenvalue weighted by molar-refractivity contribution is 5.62. The van der Waals surface area contributed by atoms with Crippen molar-refractivity contribution in [3.05, 3.63) is 36.3 Å². The van der Waals surface area contributed by atoms with Gasteiger partial charge in [0.05, 0.1) is 19.0 Å². The number of benzene rings is 1. The first-order valence-corrected chi connectivity index (χ1v) is 5.35. The van der Waals surface area contributed by atoms with E-state index in [4.69, 9.17) is 4.74 Å². The molecule has 2 aromatic rings. The van der Waals surface area contributed by atoms with Gasteiger partial charge in [-0.2, -0.15) is 4.98 Å². The van der Waals surface area contributed by atoms with E-state index >= 15 is 0 Å². The molecule has 5 nitrogen and oxygen atoms in total. The molecular formula is C12H13FN4O. The first kappa shape index (κ1) is 12.1. The molecule has 0 aliphatic rings. The molecule has 0 saturated carbocycles. The number of nitrogens with zero attached hydrogens (tertiary/aromatic N) is 2. The minimum Gasteiger partial charge on any atom is -0.495 e. The Labute approximate surface area is 104 Å². The van der Waals surface area contributed by atoms with Crippen LogP contribution in [-0.2, 0) is 0 Å². The van der Waals surface area contributed by atoms with Crippen molar-refractivity contribution in [2.24, 2.45) is 0 Å². The largest absolute Gasteiger partial charge is 0.495 e. The molecule has 6 heteroatoms. The fourth-order valence-corrected chi connectivity index (χ4v) is 1.47. The predicted octanol–water partition coefficient (Wildman–Crippen LogP) is 2.41. The molecule has 1 aromatic heterocycles. The van der Waals surface area contributed by atoms with Crippen molar-refractivity contribution >= 4 is 17.5 Å². The van der Waals surface area contributed by atoms with Crippen LogP contribution < -0.4 is 15.4 Å². The second kappa shape index (κ2) is 5.31. The Bertz CT molecular complexity index is 547. The Balaban J connectivity index is 2.28. The maximum atomic E-state index is 13.2. The second-order valence-electron chi connectivity index (χ2n) is 3.47. The summed E-state index contributed by atoms with van der Waals surface area (Å²) in [5.74, 6) is 0.604. The number of methoxy groups -OCH3 is 1. The average molecular weight is 248 g/mol. The molecule has 0 radical (unpaired) electrons. The zero-order chi connectivity index (χ0) is 13.0. The van der Waals surface area contributed by atoms with Gasteiger partial charge in [0.25, 0.3) is 0 Å². The van der Waals surface area contributed by atoms with E-state index in [1.807, 2.05) is 24.3 Å². The average Bonchev–Trinajstić information content (AvgIpc) is 2.41. The van der Waals surface area contributed by atoms with Crippen molar-refractivity contribution in [2.75, 3.05) is 24.8 Å². The monoisotopic (exact) mass is 248 g/mol. The normalized spacial score (nSPS) is 9.94. The van der Waals surface area contributed by atoms with Crippen molar-refractivity contribution in [1.29, 1.82) is 0 Å². The van der Waals surface area contributed by atoms with E-state index in [0.29, 0.717) is 17.4 Å². The third-order valence-electron chi connectivity index (χ3n) is 2.33. The number of hydrogen-bond donors (Lipinski definition) is 2. The van der Waals surface area contributed by atoms with Crippen molar-refractivity contribution in [3.8, 4) is 5.75 Å². The van der Waals surface area contributed by atoms with E-state index < -0.39 is 5.82 Å². The number of aromatic nitrogens is 2. The van der Waals surface area contributed by atoms with Gasteiger partial charge in [-0.15, -0.1) is 0 Å². The van der Waals surface area contributed by atoms with Crippen LogP contribution in [0.15, 0.2) is 30.5 Å². The van der Waals surface area contributed by atoms with E-state index in [2.05, 4.69) is 20.6 Å². The molecule has 1 heterocycles. The van der Waals surface area contributed by atoms with Gasteiger partial charge in [-0.25, -0.2) is 9.37 Å². The fourth-order valence-electron chi connectivity index (χ4n) is 1.47. The van der Waals surface area contributed by atoms with Gasteiger partial charge in [0.1, 0.15) is 5.75 Å². The molecule has 18 heavy (non-hydrogen) atoms. The van der Waals surface area contributed by atoms with Crippen molar-refractivity contribution < 1.29 is 9.13 Å². The predicted molar refractivity (Wildman–Crippen MR) is 67.8 cm³/mol. The lowest BCUT2D eigenvalue weighted by molar-refractivity contribution is 0.417. The first-order valence-electron chi connectivity index (χ1n) is 5.35. The fraction of sp³-hybridized carbons (Fsp3) is 0.167. The Morgan fingerprint density at radius 1 is 1.28 bits per heavy atom. The second-order valence-corrected chi connectivity index (χ2v) is 3.47. The van der Waals surface area contributed by atoms with Crippen LogP contribution in [0.2, 0.25) is 0 Å². The highest BCUT2D eigenvalue weighted by Crippen LogP contribution is 2.25. The van der Waals surface area contributed by atoms with Crippen LogP contribution in [0.5, 0.6) is 5.75 Å². The van der Waals surface area contributed by atoms with Gasteiger partial charge < -0.3 is 15.4 Å². The molecule has 0 saturated heterocycles. The highest BCUT2D eigenvalue weighted by Gasteiger charge is 2.07. The van der Waals surface area contributed by atoms with Crippen molar-refractivity contribution in [1.82, 2.24) is 9.97 Å². The minimum absolute atomic E-state index is 0.141. The summed E-state index contributed by atoms with van der Waals surface area (Å²) in [5, 5.41) is 5.62. The summed E-state index contributed by atoms with van der Waals surface area (Å²) in [7, 11) is 3.17. The molecule has 2 rings (SSSR count). The Kier molecular flexibility index (Phi) is 3.57. The standard InChI is InChI=1S/C12H13FN4O/c1-14-11-8(13)7-15-12(17-11)16-9-5-3-4-6-10(9)18-2/h3-7H,1-2H3,(H2,14,15,16,17). The third-order valence-corrected chi connectivity index (χ3v) is 2.33. The topological polar surface area (TPSA) is 59.1 Å². The quantitative estimate of drug-likeness (QED) is 0.870. The van der Waals surface area contributed by atoms with Gasteiger partial charge in [-0.3, -0.25) is 0 Å². The number of rotatable bonds is 4. The van der Waals surface area contributed by atoms with Crippen molar-refractivity contribution in [3.63, 3.8) is 0 Å². The Hall–Kier alpha value is -2.37. The van der Waals surface area contributed by atoms with E-state index in [1.54, 1.807) is 14.2 Å². The van der Waals surface area contributed by atoms with Crippen LogP contribution in [-0.4, -0.2) is 24.1 Å². The van der Waals surface area contributed by atoms with Gasteiger partial charge in [-0.1, -0.05) is 12.1 Å². The van der Waals surface area contributed by atoms with E-state index in [9.17, 15) is 4.39 Å². The summed E-state index contributed by atoms with van der Waals surface area (Å²) in [6.07, 6.45) is 1.11. The lowest BCUT2D eigenvalue weighted by Crippen LogP contribution is -2.03. The van der Waals surface area contributed by atoms with Gasteiger partial charge in [-0.05, 0) is 12.1 Å². The SMILES string of the molecule is CNc1nc(Nc2ccccc2OC)ncc1F. The summed E-state index contributed by atoms with van der Waals surface area (Å²) in [6.45, 7) is 0. The van der Waals surface area contributed by atoms with Crippen LogP contribution in [0.1, 0.15) is 0 Å². The summed E-state index contributed by atoms with van der Waals surface area (Å²) in [5.41, 5.74) is 0.716. The van der Waals surface area contributed by atoms with Gasteiger partial charge >= 0.3 is 0 Å². The Morgan fingerprint density at radius 3 is 2.78 bits per heavy atom. The summed E-state index contributed by atoms with van der Waals surface area (Å²) >= 11 is 0. The van der Waals surface area contributed by atoms with Crippen LogP contribution >= 0.6 is 0 Å². The van der Waals surface area contributed by atoms with Crippen LogP contribution in [0, 0.1) is 5.82 Å². The lowest BCUT2D eigenvalue weighted by atomic mass is 10.3. The van der Waals surface area contributed by atoms with Crippen LogP contribution in [0.25, 0.3) is 0 Å². The molecule has 1 aromatic carbocycles. The number of nitrogens with one attached hydrogen (secondary N) is 2. The molecule has 0 aliphatic carbocycles. The smallest absolute Gasteiger partial charge is 0.229 e. The van der Waals surface area contributed by atoms with Gasteiger partial charge in [0, 0.05) is 7.05 Å². The Morgan fingerprint density at radius 2 is 2.06 bits per heavy atom. The highest BCUT2D eigenvalue weighted by atomic mass is 19.1. The molecule has 0 spiro atoms. The van der Waals surface area contributed by atoms with Crippen LogP contribution in [0.4, 0.5) is 21.8 Å². The number of hydrogen-bond acceptors (Lipinski definition) is 5. The lowest BCUT2D eigenvalue weighted by Gasteiger charge is -2.10. The number of halogens is 1. The molecular weight excluding hydrogens is 235 g/mol. The summed E-state index contributed by atoms with van der Waals surface area (Å²) in [6, 6.07) is 7.34. The molecule has 0 atom stereocenters. The minimum atomic E-state index is -0.497. The molecule has 0 bridgehead atoms. The molecule has 0 amide bonds. The third kappa shape index (κ3) is 2.48.